The highest BCUT2D eigenvalue weighted by Crippen LogP contribution is 2.26. The maximum absolute atomic E-state index is 5.67. The molecule has 2 nitrogen and oxygen atoms in total. The van der Waals surface area contributed by atoms with E-state index in [9.17, 15) is 0 Å². The van der Waals surface area contributed by atoms with Gasteiger partial charge in [-0.25, -0.2) is 4.98 Å². The van der Waals surface area contributed by atoms with Crippen LogP contribution in [0.25, 0.3) is 11.1 Å². The van der Waals surface area contributed by atoms with Crippen LogP contribution in [0, 0.1) is 6.92 Å². The maximum atomic E-state index is 5.67. The van der Waals surface area contributed by atoms with E-state index in [1.165, 1.54) is 11.1 Å². The predicted molar refractivity (Wildman–Crippen MR) is 74.7 cm³/mol. The molecule has 18 heavy (non-hydrogen) atoms. The lowest BCUT2D eigenvalue weighted by molar-refractivity contribution is 0.489. The highest BCUT2D eigenvalue weighted by atomic mass is 32.2. The second kappa shape index (κ2) is 4.86. The van der Waals surface area contributed by atoms with Gasteiger partial charge in [0.15, 0.2) is 5.58 Å². The summed E-state index contributed by atoms with van der Waals surface area (Å²) in [6.45, 7) is 2.10. The van der Waals surface area contributed by atoms with Gasteiger partial charge in [0, 0.05) is 5.75 Å². The van der Waals surface area contributed by atoms with Gasteiger partial charge in [-0.05, 0) is 24.6 Å². The Balaban J connectivity index is 1.76. The number of benzene rings is 2. The number of aromatic nitrogens is 1. The van der Waals surface area contributed by atoms with Gasteiger partial charge in [-0.15, -0.1) is 0 Å². The quantitative estimate of drug-likeness (QED) is 0.648. The minimum absolute atomic E-state index is 0.734. The first-order valence-corrected chi connectivity index (χ1v) is 6.84. The first kappa shape index (κ1) is 11.4. The molecule has 0 aliphatic carbocycles. The third-order valence-corrected chi connectivity index (χ3v) is 3.62. The van der Waals surface area contributed by atoms with Crippen molar-refractivity contribution in [2.45, 2.75) is 17.9 Å². The molecule has 0 amide bonds. The molecule has 90 valence electrons. The molecule has 0 fully saturated rings. The summed E-state index contributed by atoms with van der Waals surface area (Å²) >= 11 is 1.63. The smallest absolute Gasteiger partial charge is 0.257 e. The standard InChI is InChI=1S/C15H13NOS/c1-11-5-4-6-12(9-11)10-18-15-16-13-7-2-3-8-14(13)17-15/h2-9H,10H2,1H3. The topological polar surface area (TPSA) is 26.0 Å². The Bertz CT molecular complexity index is 642. The Morgan fingerprint density at radius 2 is 2.00 bits per heavy atom. The number of aryl methyl sites for hydroxylation is 1. The van der Waals surface area contributed by atoms with Crippen molar-refractivity contribution in [1.82, 2.24) is 4.98 Å². The zero-order valence-corrected chi connectivity index (χ0v) is 10.9. The normalized spacial score (nSPS) is 10.9. The minimum Gasteiger partial charge on any atom is -0.431 e. The number of oxazole rings is 1. The van der Waals surface area contributed by atoms with Crippen molar-refractivity contribution in [2.24, 2.45) is 0 Å². The van der Waals surface area contributed by atoms with Crippen molar-refractivity contribution in [3.05, 3.63) is 59.7 Å². The van der Waals surface area contributed by atoms with Crippen LogP contribution >= 0.6 is 11.8 Å². The van der Waals surface area contributed by atoms with E-state index in [1.807, 2.05) is 24.3 Å². The molecule has 2 aromatic carbocycles. The van der Waals surface area contributed by atoms with Crippen LogP contribution in [-0.2, 0) is 5.75 Å². The number of hydrogen-bond donors (Lipinski definition) is 0. The van der Waals surface area contributed by atoms with E-state index in [4.69, 9.17) is 4.42 Å². The molecular formula is C15H13NOS. The lowest BCUT2D eigenvalue weighted by Gasteiger charge is -1.99. The molecule has 3 rings (SSSR count). The van der Waals surface area contributed by atoms with Gasteiger partial charge in [0.2, 0.25) is 0 Å². The zero-order valence-electron chi connectivity index (χ0n) is 10.1. The summed E-state index contributed by atoms with van der Waals surface area (Å²) in [7, 11) is 0. The number of hydrogen-bond acceptors (Lipinski definition) is 3. The summed E-state index contributed by atoms with van der Waals surface area (Å²) in [4.78, 5) is 4.45. The fourth-order valence-corrected chi connectivity index (χ4v) is 2.64. The Morgan fingerprint density at radius 1 is 1.11 bits per heavy atom. The lowest BCUT2D eigenvalue weighted by atomic mass is 10.2. The van der Waals surface area contributed by atoms with E-state index < -0.39 is 0 Å². The van der Waals surface area contributed by atoms with Crippen LogP contribution in [0.5, 0.6) is 0 Å². The molecule has 3 heteroatoms. The number of rotatable bonds is 3. The van der Waals surface area contributed by atoms with E-state index in [1.54, 1.807) is 11.8 Å². The molecule has 3 aromatic rings. The highest BCUT2D eigenvalue weighted by molar-refractivity contribution is 7.98. The summed E-state index contributed by atoms with van der Waals surface area (Å²) in [5, 5.41) is 0.734. The number of nitrogens with zero attached hydrogens (tertiary/aromatic N) is 1. The zero-order chi connectivity index (χ0) is 12.4. The van der Waals surface area contributed by atoms with Crippen molar-refractivity contribution >= 4 is 22.9 Å². The van der Waals surface area contributed by atoms with Crippen LogP contribution in [0.4, 0.5) is 0 Å². The van der Waals surface area contributed by atoms with Gasteiger partial charge in [0.25, 0.3) is 5.22 Å². The van der Waals surface area contributed by atoms with Gasteiger partial charge in [-0.2, -0.15) is 0 Å². The van der Waals surface area contributed by atoms with Crippen LogP contribution in [0.15, 0.2) is 58.2 Å². The van der Waals surface area contributed by atoms with Crippen molar-refractivity contribution in [3.63, 3.8) is 0 Å². The summed E-state index contributed by atoms with van der Waals surface area (Å²) in [6.07, 6.45) is 0. The molecule has 0 aliphatic heterocycles. The Labute approximate surface area is 110 Å². The average Bonchev–Trinajstić information content (AvgIpc) is 2.79. The van der Waals surface area contributed by atoms with Crippen LogP contribution in [0.2, 0.25) is 0 Å². The summed E-state index contributed by atoms with van der Waals surface area (Å²) in [5.74, 6) is 0.883. The van der Waals surface area contributed by atoms with E-state index >= 15 is 0 Å². The molecule has 0 bridgehead atoms. The fourth-order valence-electron chi connectivity index (χ4n) is 1.86. The van der Waals surface area contributed by atoms with Gasteiger partial charge in [-0.3, -0.25) is 0 Å². The minimum atomic E-state index is 0.734. The Kier molecular flexibility index (Phi) is 3.07. The fraction of sp³-hybridized carbons (Fsp3) is 0.133. The second-order valence-corrected chi connectivity index (χ2v) is 5.15. The third kappa shape index (κ3) is 2.41. The lowest BCUT2D eigenvalue weighted by Crippen LogP contribution is -1.81. The number of fused-ring (bicyclic) bond motifs is 1. The summed E-state index contributed by atoms with van der Waals surface area (Å²) < 4.78 is 5.67. The molecule has 0 aliphatic rings. The number of thioether (sulfide) groups is 1. The largest absolute Gasteiger partial charge is 0.431 e. The second-order valence-electron chi connectivity index (χ2n) is 4.23. The van der Waals surface area contributed by atoms with E-state index in [0.29, 0.717) is 0 Å². The summed E-state index contributed by atoms with van der Waals surface area (Å²) in [5.41, 5.74) is 4.35. The van der Waals surface area contributed by atoms with Crippen molar-refractivity contribution in [2.75, 3.05) is 0 Å². The van der Waals surface area contributed by atoms with Crippen molar-refractivity contribution in [3.8, 4) is 0 Å². The molecular weight excluding hydrogens is 242 g/mol. The van der Waals surface area contributed by atoms with E-state index in [-0.39, 0.29) is 0 Å². The molecule has 0 radical (unpaired) electrons. The molecule has 0 N–H and O–H groups in total. The van der Waals surface area contributed by atoms with Crippen LogP contribution in [0.3, 0.4) is 0 Å². The maximum Gasteiger partial charge on any atom is 0.257 e. The third-order valence-electron chi connectivity index (χ3n) is 2.72. The summed E-state index contributed by atoms with van der Waals surface area (Å²) in [6, 6.07) is 16.3. The van der Waals surface area contributed by atoms with Crippen LogP contribution < -0.4 is 0 Å². The SMILES string of the molecule is Cc1cccc(CSc2nc3ccccc3o2)c1. The first-order chi connectivity index (χ1) is 8.81. The van der Waals surface area contributed by atoms with Crippen LogP contribution in [0.1, 0.15) is 11.1 Å². The predicted octanol–water partition coefficient (Wildman–Crippen LogP) is 4.43. The molecule has 0 atom stereocenters. The van der Waals surface area contributed by atoms with Gasteiger partial charge in [0.05, 0.1) is 0 Å². The van der Waals surface area contributed by atoms with Crippen molar-refractivity contribution < 1.29 is 4.42 Å². The van der Waals surface area contributed by atoms with Crippen molar-refractivity contribution in [1.29, 1.82) is 0 Å². The molecule has 0 saturated carbocycles. The Morgan fingerprint density at radius 3 is 2.83 bits per heavy atom. The van der Waals surface area contributed by atoms with Crippen LogP contribution in [-0.4, -0.2) is 4.98 Å². The molecule has 1 aromatic heterocycles. The molecule has 0 spiro atoms. The van der Waals surface area contributed by atoms with E-state index in [2.05, 4.69) is 36.2 Å². The number of para-hydroxylation sites is 2. The highest BCUT2D eigenvalue weighted by Gasteiger charge is 2.05. The average molecular weight is 255 g/mol. The monoisotopic (exact) mass is 255 g/mol. The molecule has 0 saturated heterocycles. The Hall–Kier alpha value is -1.74. The molecule has 0 unspecified atom stereocenters. The first-order valence-electron chi connectivity index (χ1n) is 5.85. The van der Waals surface area contributed by atoms with E-state index in [0.717, 1.165) is 22.1 Å². The van der Waals surface area contributed by atoms with Gasteiger partial charge in [-0.1, -0.05) is 53.7 Å². The molecule has 1 heterocycles. The van der Waals surface area contributed by atoms with Gasteiger partial charge >= 0.3 is 0 Å². The van der Waals surface area contributed by atoms with Gasteiger partial charge < -0.3 is 4.42 Å². The van der Waals surface area contributed by atoms with Gasteiger partial charge in [0.1, 0.15) is 5.52 Å².